The molecule has 0 aromatic heterocycles. The Hall–Kier alpha value is -1.26. The lowest BCUT2D eigenvalue weighted by Gasteiger charge is -2.26. The van der Waals surface area contributed by atoms with Gasteiger partial charge in [0.05, 0.1) is 5.92 Å². The van der Waals surface area contributed by atoms with E-state index in [0.29, 0.717) is 12.8 Å². The average molecular weight is 254 g/mol. The van der Waals surface area contributed by atoms with E-state index in [0.717, 1.165) is 31.7 Å². The van der Waals surface area contributed by atoms with Gasteiger partial charge in [0.1, 0.15) is 0 Å². The van der Waals surface area contributed by atoms with Gasteiger partial charge in [-0.2, -0.15) is 0 Å². The van der Waals surface area contributed by atoms with Gasteiger partial charge in [0.2, 0.25) is 0 Å². The van der Waals surface area contributed by atoms with Gasteiger partial charge in [-0.1, -0.05) is 12.8 Å². The number of hydrogen-bond acceptors (Lipinski definition) is 2. The number of carboxylic acid groups (broad SMARTS) is 1. The Labute approximate surface area is 107 Å². The quantitative estimate of drug-likeness (QED) is 0.699. The average Bonchev–Trinajstić information content (AvgIpc) is 3.13. The zero-order valence-corrected chi connectivity index (χ0v) is 10.7. The summed E-state index contributed by atoms with van der Waals surface area (Å²) >= 11 is 0. The summed E-state index contributed by atoms with van der Waals surface area (Å²) in [5.41, 5.74) is 0. The van der Waals surface area contributed by atoms with E-state index in [-0.39, 0.29) is 18.0 Å². The Morgan fingerprint density at radius 3 is 2.28 bits per heavy atom. The molecule has 18 heavy (non-hydrogen) atoms. The summed E-state index contributed by atoms with van der Waals surface area (Å²) in [7, 11) is 0. The number of aliphatic carboxylic acids is 1. The standard InChI is InChI=1S/C13H22N2O3/c16-12(17)10-3-5-11(6-4-10)15-13(18)14-8-7-9-1-2-9/h9-11H,1-8H2,(H,16,17)(H2,14,15,18). The number of carbonyl (C=O) groups excluding carboxylic acids is 1. The monoisotopic (exact) mass is 254 g/mol. The molecule has 2 aliphatic carbocycles. The predicted octanol–water partition coefficient (Wildman–Crippen LogP) is 1.73. The molecule has 5 nitrogen and oxygen atoms in total. The van der Waals surface area contributed by atoms with E-state index in [1.807, 2.05) is 0 Å². The van der Waals surface area contributed by atoms with E-state index < -0.39 is 5.97 Å². The summed E-state index contributed by atoms with van der Waals surface area (Å²) in [6.07, 6.45) is 6.58. The highest BCUT2D eigenvalue weighted by Gasteiger charge is 2.26. The Morgan fingerprint density at radius 2 is 1.72 bits per heavy atom. The highest BCUT2D eigenvalue weighted by molar-refractivity contribution is 5.74. The number of urea groups is 1. The van der Waals surface area contributed by atoms with Gasteiger partial charge >= 0.3 is 12.0 Å². The van der Waals surface area contributed by atoms with Gasteiger partial charge in [0.25, 0.3) is 0 Å². The number of carboxylic acids is 1. The van der Waals surface area contributed by atoms with Gasteiger partial charge in [-0.25, -0.2) is 4.79 Å². The van der Waals surface area contributed by atoms with Gasteiger partial charge in [-0.3, -0.25) is 4.79 Å². The molecule has 0 atom stereocenters. The van der Waals surface area contributed by atoms with E-state index >= 15 is 0 Å². The second-order valence-corrected chi connectivity index (χ2v) is 5.52. The second-order valence-electron chi connectivity index (χ2n) is 5.52. The lowest BCUT2D eigenvalue weighted by Crippen LogP contribution is -2.44. The van der Waals surface area contributed by atoms with E-state index in [1.54, 1.807) is 0 Å². The van der Waals surface area contributed by atoms with Crippen molar-refractivity contribution < 1.29 is 14.7 Å². The molecule has 0 spiro atoms. The molecule has 2 fully saturated rings. The first-order valence-corrected chi connectivity index (χ1v) is 6.92. The molecule has 5 heteroatoms. The van der Waals surface area contributed by atoms with Crippen molar-refractivity contribution in [2.75, 3.05) is 6.54 Å². The van der Waals surface area contributed by atoms with E-state index in [4.69, 9.17) is 5.11 Å². The van der Waals surface area contributed by atoms with Crippen LogP contribution < -0.4 is 10.6 Å². The summed E-state index contributed by atoms with van der Waals surface area (Å²) in [6.45, 7) is 0.751. The smallest absolute Gasteiger partial charge is 0.315 e. The second kappa shape index (κ2) is 6.07. The summed E-state index contributed by atoms with van der Waals surface area (Å²) in [5, 5.41) is 14.7. The van der Waals surface area contributed by atoms with E-state index in [1.165, 1.54) is 12.8 Å². The maximum Gasteiger partial charge on any atom is 0.315 e. The first-order chi connectivity index (χ1) is 8.65. The summed E-state index contributed by atoms with van der Waals surface area (Å²) < 4.78 is 0. The minimum Gasteiger partial charge on any atom is -0.481 e. The van der Waals surface area contributed by atoms with Crippen molar-refractivity contribution in [1.82, 2.24) is 10.6 Å². The van der Waals surface area contributed by atoms with Gasteiger partial charge in [-0.15, -0.1) is 0 Å². The lowest BCUT2D eigenvalue weighted by molar-refractivity contribution is -0.142. The number of carbonyl (C=O) groups is 2. The number of nitrogens with one attached hydrogen (secondary N) is 2. The molecule has 0 radical (unpaired) electrons. The number of amides is 2. The minimum atomic E-state index is -0.706. The van der Waals surface area contributed by atoms with Crippen molar-refractivity contribution >= 4 is 12.0 Å². The van der Waals surface area contributed by atoms with Crippen LogP contribution in [0.5, 0.6) is 0 Å². The summed E-state index contributed by atoms with van der Waals surface area (Å²) in [4.78, 5) is 22.4. The maximum absolute atomic E-state index is 11.6. The van der Waals surface area contributed by atoms with Crippen LogP contribution in [-0.4, -0.2) is 29.7 Å². The van der Waals surface area contributed by atoms with Crippen LogP contribution in [0.3, 0.4) is 0 Å². The molecule has 2 aliphatic rings. The van der Waals surface area contributed by atoms with Crippen molar-refractivity contribution in [1.29, 1.82) is 0 Å². The van der Waals surface area contributed by atoms with E-state index in [2.05, 4.69) is 10.6 Å². The summed E-state index contributed by atoms with van der Waals surface area (Å²) in [6, 6.07) is 0.0379. The molecule has 0 bridgehead atoms. The molecule has 0 saturated heterocycles. The molecule has 2 saturated carbocycles. The molecule has 2 amide bonds. The lowest BCUT2D eigenvalue weighted by atomic mass is 9.86. The summed E-state index contributed by atoms with van der Waals surface area (Å²) in [5.74, 6) is -0.0976. The molecule has 0 aromatic carbocycles. The zero-order valence-electron chi connectivity index (χ0n) is 10.7. The van der Waals surface area contributed by atoms with Crippen molar-refractivity contribution in [2.45, 2.75) is 51.0 Å². The van der Waals surface area contributed by atoms with Crippen LogP contribution in [0, 0.1) is 11.8 Å². The van der Waals surface area contributed by atoms with Crippen LogP contribution in [0.2, 0.25) is 0 Å². The molecule has 2 rings (SSSR count). The van der Waals surface area contributed by atoms with Crippen LogP contribution in [0.25, 0.3) is 0 Å². The Morgan fingerprint density at radius 1 is 1.06 bits per heavy atom. The van der Waals surface area contributed by atoms with Crippen molar-refractivity contribution in [3.8, 4) is 0 Å². The van der Waals surface area contributed by atoms with Crippen molar-refractivity contribution in [2.24, 2.45) is 11.8 Å². The molecule has 0 aliphatic heterocycles. The normalized spacial score (nSPS) is 27.6. The highest BCUT2D eigenvalue weighted by Crippen LogP contribution is 2.31. The third-order valence-electron chi connectivity index (χ3n) is 3.95. The Bertz CT molecular complexity index is 307. The number of hydrogen-bond donors (Lipinski definition) is 3. The first kappa shape index (κ1) is 13.2. The van der Waals surface area contributed by atoms with Crippen LogP contribution >= 0.6 is 0 Å². The van der Waals surface area contributed by atoms with Gasteiger partial charge in [-0.05, 0) is 38.0 Å². The Kier molecular flexibility index (Phi) is 4.44. The van der Waals surface area contributed by atoms with Crippen molar-refractivity contribution in [3.05, 3.63) is 0 Å². The van der Waals surface area contributed by atoms with E-state index in [9.17, 15) is 9.59 Å². The molecule has 102 valence electrons. The molecule has 0 unspecified atom stereocenters. The Balaban J connectivity index is 1.58. The third kappa shape index (κ3) is 4.20. The van der Waals surface area contributed by atoms with Crippen LogP contribution in [0.1, 0.15) is 44.9 Å². The minimum absolute atomic E-state index is 0.102. The maximum atomic E-state index is 11.6. The molecule has 0 aromatic rings. The zero-order chi connectivity index (χ0) is 13.0. The highest BCUT2D eigenvalue weighted by atomic mass is 16.4. The van der Waals surface area contributed by atoms with Crippen LogP contribution in [0.4, 0.5) is 4.79 Å². The largest absolute Gasteiger partial charge is 0.481 e. The van der Waals surface area contributed by atoms with Gasteiger partial charge in [0.15, 0.2) is 0 Å². The van der Waals surface area contributed by atoms with Crippen LogP contribution in [-0.2, 0) is 4.79 Å². The topological polar surface area (TPSA) is 78.4 Å². The molecular weight excluding hydrogens is 232 g/mol. The van der Waals surface area contributed by atoms with Crippen molar-refractivity contribution in [3.63, 3.8) is 0 Å². The first-order valence-electron chi connectivity index (χ1n) is 6.92. The van der Waals surface area contributed by atoms with Gasteiger partial charge in [0, 0.05) is 12.6 Å². The van der Waals surface area contributed by atoms with Gasteiger partial charge < -0.3 is 15.7 Å². The molecule has 3 N–H and O–H groups in total. The van der Waals surface area contributed by atoms with Crippen LogP contribution in [0.15, 0.2) is 0 Å². The SMILES string of the molecule is O=C(NCCC1CC1)NC1CCC(C(=O)O)CC1. The third-order valence-corrected chi connectivity index (χ3v) is 3.95. The fraction of sp³-hybridized carbons (Fsp3) is 0.846. The predicted molar refractivity (Wildman–Crippen MR) is 67.3 cm³/mol. The molecular formula is C13H22N2O3. The fourth-order valence-corrected chi connectivity index (χ4v) is 2.52. The fourth-order valence-electron chi connectivity index (χ4n) is 2.52. The number of rotatable bonds is 5. The molecule has 0 heterocycles.